The molecule has 4 N–H and O–H groups in total. The van der Waals surface area contributed by atoms with Crippen molar-refractivity contribution in [3.05, 3.63) is 165 Å². The van der Waals surface area contributed by atoms with Gasteiger partial charge in [-0.2, -0.15) is 0 Å². The van der Waals surface area contributed by atoms with E-state index in [1.54, 1.807) is 82.4 Å². The van der Waals surface area contributed by atoms with E-state index in [1.165, 1.54) is 48.1 Å². The number of benzene rings is 6. The minimum absolute atomic E-state index is 0. The third-order valence-electron chi connectivity index (χ3n) is 9.68. The highest BCUT2D eigenvalue weighted by atomic mass is 35.5. The average Bonchev–Trinajstić information content (AvgIpc) is 3.95. The van der Waals surface area contributed by atoms with Crippen molar-refractivity contribution < 1.29 is 41.3 Å². The Balaban J connectivity index is 0.00000595. The van der Waals surface area contributed by atoms with Crippen LogP contribution in [0.1, 0.15) is 11.1 Å². The quantitative estimate of drug-likeness (QED) is 0.0735. The summed E-state index contributed by atoms with van der Waals surface area (Å²) in [5, 5.41) is 42.1. The number of hydrogen-bond donors (Lipinski definition) is 2. The van der Waals surface area contributed by atoms with Gasteiger partial charge in [-0.15, -0.1) is 0 Å². The molecule has 0 atom stereocenters. The van der Waals surface area contributed by atoms with Gasteiger partial charge >= 0.3 is 11.6 Å². The fraction of sp³-hybridized carbons (Fsp3) is 0.0476. The number of thiocarbonyl (C=S) groups is 2. The zero-order valence-corrected chi connectivity index (χ0v) is 35.4. The van der Waals surface area contributed by atoms with E-state index in [2.05, 4.69) is 0 Å². The number of tetrazole rings is 2. The Bertz CT molecular complexity index is 2850. The monoisotopic (exact) mass is 899 g/mol. The second kappa shape index (κ2) is 17.9. The van der Waals surface area contributed by atoms with Crippen molar-refractivity contribution in [2.75, 3.05) is 14.2 Å². The summed E-state index contributed by atoms with van der Waals surface area (Å²) < 4.78 is 11.9. The molecular formula is C42H32ClN12O6S2+. The predicted octanol–water partition coefficient (Wildman–Crippen LogP) is 2.51. The summed E-state index contributed by atoms with van der Waals surface area (Å²) in [5.41, 5.74) is 17.7. The van der Waals surface area contributed by atoms with Gasteiger partial charge in [0.1, 0.15) is 21.4 Å². The summed E-state index contributed by atoms with van der Waals surface area (Å²) in [6.45, 7) is 0. The minimum atomic E-state index is -0.475. The van der Waals surface area contributed by atoms with Crippen LogP contribution in [0.3, 0.4) is 0 Å². The maximum absolute atomic E-state index is 11.4. The first-order valence-corrected chi connectivity index (χ1v) is 19.2. The number of non-ortho nitro benzene ring substituents is 2. The molecule has 0 saturated heterocycles. The molecule has 8 aromatic rings. The number of rotatable bonds is 13. The topological polar surface area (TPSA) is 226 Å². The van der Waals surface area contributed by atoms with Crippen LogP contribution in [0.15, 0.2) is 133 Å². The van der Waals surface area contributed by atoms with Crippen molar-refractivity contribution >= 4 is 45.8 Å². The van der Waals surface area contributed by atoms with Crippen LogP contribution >= 0.6 is 24.4 Å². The van der Waals surface area contributed by atoms with E-state index in [1.807, 2.05) is 36.4 Å². The highest BCUT2D eigenvalue weighted by Gasteiger charge is 2.29. The molecule has 0 aliphatic heterocycles. The fourth-order valence-corrected chi connectivity index (χ4v) is 6.74. The van der Waals surface area contributed by atoms with Gasteiger partial charge in [0.05, 0.1) is 45.4 Å². The first kappa shape index (κ1) is 43.0. The zero-order chi connectivity index (χ0) is 43.7. The van der Waals surface area contributed by atoms with Gasteiger partial charge in [-0.3, -0.25) is 20.2 Å². The molecule has 0 saturated carbocycles. The van der Waals surface area contributed by atoms with Crippen LogP contribution in [0.25, 0.3) is 56.7 Å². The summed E-state index contributed by atoms with van der Waals surface area (Å²) >= 11 is 10.2. The lowest BCUT2D eigenvalue weighted by molar-refractivity contribution is -0.734. The number of ether oxygens (including phenoxy) is 2. The van der Waals surface area contributed by atoms with Crippen molar-refractivity contribution in [2.45, 2.75) is 0 Å². The molecule has 63 heavy (non-hydrogen) atoms. The molecule has 18 nitrogen and oxygen atoms in total. The highest BCUT2D eigenvalue weighted by Crippen LogP contribution is 2.32. The Labute approximate surface area is 374 Å². The number of aromatic nitrogens is 8. The normalized spacial score (nSPS) is 10.8. The number of nitrogens with zero attached hydrogens (tertiary/aromatic N) is 10. The summed E-state index contributed by atoms with van der Waals surface area (Å²) in [4.78, 5) is 28.6. The Kier molecular flexibility index (Phi) is 12.2. The Morgan fingerprint density at radius 2 is 0.889 bits per heavy atom. The van der Waals surface area contributed by atoms with Crippen molar-refractivity contribution in [3.63, 3.8) is 0 Å². The number of methoxy groups -OCH3 is 2. The first-order chi connectivity index (χ1) is 29.9. The molecule has 2 heterocycles. The van der Waals surface area contributed by atoms with Gasteiger partial charge in [0.25, 0.3) is 11.4 Å². The van der Waals surface area contributed by atoms with Crippen LogP contribution in [0.4, 0.5) is 11.4 Å². The smallest absolute Gasteiger partial charge is 0.340 e. The Morgan fingerprint density at radius 3 is 1.19 bits per heavy atom. The summed E-state index contributed by atoms with van der Waals surface area (Å²) in [6, 6.07) is 37.2. The molecule has 6 aromatic carbocycles. The van der Waals surface area contributed by atoms with Gasteiger partial charge in [-0.05, 0) is 116 Å². The molecule has 0 unspecified atom stereocenters. The van der Waals surface area contributed by atoms with Crippen LogP contribution in [0, 0.1) is 20.2 Å². The van der Waals surface area contributed by atoms with Crippen LogP contribution in [-0.4, -0.2) is 64.0 Å². The molecular weight excluding hydrogens is 868 g/mol. The van der Waals surface area contributed by atoms with Crippen LogP contribution in [-0.2, 0) is 0 Å². The number of hydrogen-bond acceptors (Lipinski definition) is 12. The second-order valence-electron chi connectivity index (χ2n) is 13.4. The van der Waals surface area contributed by atoms with E-state index >= 15 is 0 Å². The highest BCUT2D eigenvalue weighted by molar-refractivity contribution is 7.80. The molecule has 0 spiro atoms. The standard InChI is InChI=1S/C42H30N12O6S2.ClH/c1-59-37-23-29(11-21-35(37)51-47-41(27-7-3-25(4-8-27)39(43)61)45-49(51)31-13-17-33(18-14-31)53(55)56)30-12-22-36(38(24-30)60-2)52-48-42(28-9-5-26(6-10-28)40(44)62)46-50(52)32-15-19-34(20-16-32)54(57)58;/h3-24H,1-2H3,(H2-2,43,44,61,62);1H/p+1. The lowest BCUT2D eigenvalue weighted by Gasteiger charge is -2.11. The van der Waals surface area contributed by atoms with E-state index in [4.69, 9.17) is 65.8 Å². The van der Waals surface area contributed by atoms with Gasteiger partial charge in [0.2, 0.25) is 11.4 Å². The van der Waals surface area contributed by atoms with Crippen molar-refractivity contribution in [1.82, 2.24) is 30.0 Å². The van der Waals surface area contributed by atoms with E-state index in [0.29, 0.717) is 68.2 Å². The van der Waals surface area contributed by atoms with Crippen LogP contribution in [0.5, 0.6) is 11.5 Å². The van der Waals surface area contributed by atoms with Crippen LogP contribution < -0.4 is 42.9 Å². The Hall–Kier alpha value is -8.07. The molecule has 0 aliphatic rings. The number of nitrogens with two attached hydrogens (primary N) is 2. The van der Waals surface area contributed by atoms with Crippen molar-refractivity contribution in [1.29, 1.82) is 0 Å². The SMILES string of the molecule is COc1cc(-c2ccc(-[n+]3nc(-c4ccc(C(N)=S)cc4)nn3-c3ccc([N+](=O)[O-])cc3)c(OC)c2)ccc1-[n+]1nc(-c2ccc(C(N)=S)cc2)nn1-c1ccc([N+](=O)[O-])cc1.[Cl-]. The van der Waals surface area contributed by atoms with E-state index in [-0.39, 0.29) is 33.8 Å². The average molecular weight is 900 g/mol. The maximum atomic E-state index is 11.4. The van der Waals surface area contributed by atoms with Crippen molar-refractivity contribution in [2.24, 2.45) is 11.5 Å². The van der Waals surface area contributed by atoms with Gasteiger partial charge in [-0.1, -0.05) is 48.7 Å². The predicted molar refractivity (Wildman–Crippen MR) is 234 cm³/mol. The number of nitro benzene ring substituents is 2. The van der Waals surface area contributed by atoms with Crippen molar-refractivity contribution in [3.8, 4) is 68.2 Å². The summed E-state index contributed by atoms with van der Waals surface area (Å²) in [5.74, 6) is 1.56. The van der Waals surface area contributed by atoms with E-state index in [0.717, 1.165) is 11.1 Å². The van der Waals surface area contributed by atoms with Gasteiger partial charge in [0, 0.05) is 45.0 Å². The molecule has 0 bridgehead atoms. The van der Waals surface area contributed by atoms with Crippen LogP contribution in [0.2, 0.25) is 0 Å². The Morgan fingerprint density at radius 1 is 0.556 bits per heavy atom. The number of halogens is 1. The van der Waals surface area contributed by atoms with E-state index in [9.17, 15) is 20.2 Å². The zero-order valence-electron chi connectivity index (χ0n) is 33.0. The lowest BCUT2D eigenvalue weighted by atomic mass is 10.0. The lowest BCUT2D eigenvalue weighted by Crippen LogP contribution is -3.00. The molecule has 2 aromatic heterocycles. The molecule has 21 heteroatoms. The molecule has 0 amide bonds. The molecule has 0 fully saturated rings. The second-order valence-corrected chi connectivity index (χ2v) is 14.3. The minimum Gasteiger partial charge on any atom is -1.00 e. The summed E-state index contributed by atoms with van der Waals surface area (Å²) in [7, 11) is 3.07. The van der Waals surface area contributed by atoms with E-state index < -0.39 is 9.85 Å². The molecule has 314 valence electrons. The fourth-order valence-electron chi connectivity index (χ4n) is 6.47. The largest absolute Gasteiger partial charge is 1.00 e. The maximum Gasteiger partial charge on any atom is 0.340 e. The third-order valence-corrected chi connectivity index (χ3v) is 10.1. The van der Waals surface area contributed by atoms with Gasteiger partial charge in [-0.25, -0.2) is 0 Å². The van der Waals surface area contributed by atoms with Gasteiger partial charge in [0.15, 0.2) is 11.5 Å². The third kappa shape index (κ3) is 8.61. The first-order valence-electron chi connectivity index (χ1n) is 18.4. The molecule has 0 aliphatic carbocycles. The molecule has 8 rings (SSSR count). The summed E-state index contributed by atoms with van der Waals surface area (Å²) in [6.07, 6.45) is 0. The van der Waals surface area contributed by atoms with Gasteiger partial charge < -0.3 is 33.3 Å². The molecule has 0 radical (unpaired) electrons. The number of nitro groups is 2.